The second kappa shape index (κ2) is 6.37. The van der Waals surface area contributed by atoms with Gasteiger partial charge in [0, 0.05) is 19.6 Å². The van der Waals surface area contributed by atoms with Crippen LogP contribution in [0.15, 0.2) is 18.3 Å². The maximum atomic E-state index is 12.3. The van der Waals surface area contributed by atoms with E-state index in [1.165, 1.54) is 12.3 Å². The summed E-state index contributed by atoms with van der Waals surface area (Å²) in [6.07, 6.45) is -0.998. The Morgan fingerprint density at radius 3 is 2.62 bits per heavy atom. The molecule has 0 aliphatic heterocycles. The summed E-state index contributed by atoms with van der Waals surface area (Å²) in [5.41, 5.74) is 0.704. The smallest absolute Gasteiger partial charge is 0.280 e. The normalized spacial score (nSPS) is 10.8. The minimum atomic E-state index is -2.50. The molecule has 3 nitrogen and oxygen atoms in total. The number of hydrogen-bond donors (Lipinski definition) is 1. The Morgan fingerprint density at radius 2 is 2.19 bits per heavy atom. The molecule has 1 aromatic heterocycles. The Labute approximate surface area is 94.5 Å². The van der Waals surface area contributed by atoms with Crippen LogP contribution in [0.4, 0.5) is 14.5 Å². The van der Waals surface area contributed by atoms with Crippen molar-refractivity contribution in [3.63, 3.8) is 0 Å². The largest absolute Gasteiger partial charge is 0.369 e. The molecule has 1 N–H and O–H groups in total. The second-order valence-electron chi connectivity index (χ2n) is 3.43. The first kappa shape index (κ1) is 12.8. The molecule has 5 heteroatoms. The van der Waals surface area contributed by atoms with Gasteiger partial charge in [-0.1, -0.05) is 0 Å². The number of nitrogens with zero attached hydrogens (tertiary/aromatic N) is 2. The molecule has 0 aliphatic rings. The van der Waals surface area contributed by atoms with E-state index in [2.05, 4.69) is 15.2 Å². The summed E-state index contributed by atoms with van der Waals surface area (Å²) >= 11 is 0. The fourth-order valence-corrected chi connectivity index (χ4v) is 1.43. The lowest BCUT2D eigenvalue weighted by atomic mass is 10.3. The van der Waals surface area contributed by atoms with Gasteiger partial charge in [0.1, 0.15) is 5.69 Å². The van der Waals surface area contributed by atoms with E-state index in [1.54, 1.807) is 6.07 Å². The van der Waals surface area contributed by atoms with Crippen LogP contribution in [-0.2, 0) is 0 Å². The first-order valence-electron chi connectivity index (χ1n) is 5.32. The first-order chi connectivity index (χ1) is 7.69. The number of hydrogen-bond acceptors (Lipinski definition) is 3. The summed E-state index contributed by atoms with van der Waals surface area (Å²) in [4.78, 5) is 5.83. The monoisotopic (exact) mass is 229 g/mol. The average Bonchev–Trinajstić information content (AvgIpc) is 2.30. The van der Waals surface area contributed by atoms with Gasteiger partial charge < -0.3 is 10.2 Å². The van der Waals surface area contributed by atoms with E-state index in [-0.39, 0.29) is 5.69 Å². The fraction of sp³-hybridized carbons (Fsp3) is 0.545. The molecule has 0 amide bonds. The van der Waals surface area contributed by atoms with Crippen LogP contribution in [0.5, 0.6) is 0 Å². The van der Waals surface area contributed by atoms with E-state index in [0.29, 0.717) is 0 Å². The molecular weight excluding hydrogens is 212 g/mol. The Balaban J connectivity index is 2.70. The standard InChI is InChI=1S/C11H17F2N3/c1-3-16(7-6-14-2)9-4-5-10(11(12)13)15-8-9/h4-5,8,11,14H,3,6-7H2,1-2H3. The number of nitrogens with one attached hydrogen (secondary N) is 1. The van der Waals surface area contributed by atoms with E-state index in [1.807, 2.05) is 14.0 Å². The predicted molar refractivity (Wildman–Crippen MR) is 61.0 cm³/mol. The molecule has 0 atom stereocenters. The van der Waals surface area contributed by atoms with E-state index >= 15 is 0 Å². The minimum Gasteiger partial charge on any atom is -0.369 e. The summed E-state index contributed by atoms with van der Waals surface area (Å²) < 4.78 is 24.6. The number of rotatable bonds is 6. The Kier molecular flexibility index (Phi) is 5.11. The van der Waals surface area contributed by atoms with Crippen molar-refractivity contribution in [1.29, 1.82) is 0 Å². The molecule has 0 fully saturated rings. The number of alkyl halides is 2. The van der Waals surface area contributed by atoms with Gasteiger partial charge >= 0.3 is 0 Å². The molecule has 90 valence electrons. The molecule has 0 spiro atoms. The van der Waals surface area contributed by atoms with E-state index in [0.717, 1.165) is 25.3 Å². The lowest BCUT2D eigenvalue weighted by Crippen LogP contribution is -2.30. The van der Waals surface area contributed by atoms with Crippen molar-refractivity contribution in [2.45, 2.75) is 13.3 Å². The zero-order valence-corrected chi connectivity index (χ0v) is 9.58. The van der Waals surface area contributed by atoms with Gasteiger partial charge in [-0.3, -0.25) is 4.98 Å². The predicted octanol–water partition coefficient (Wildman–Crippen LogP) is 2.06. The topological polar surface area (TPSA) is 28.2 Å². The van der Waals surface area contributed by atoms with Crippen LogP contribution in [0.2, 0.25) is 0 Å². The van der Waals surface area contributed by atoms with Gasteiger partial charge in [-0.05, 0) is 26.1 Å². The zero-order chi connectivity index (χ0) is 12.0. The number of anilines is 1. The van der Waals surface area contributed by atoms with Gasteiger partial charge in [0.2, 0.25) is 0 Å². The van der Waals surface area contributed by atoms with Gasteiger partial charge in [-0.15, -0.1) is 0 Å². The van der Waals surface area contributed by atoms with Crippen LogP contribution in [0.25, 0.3) is 0 Å². The molecule has 0 bridgehead atoms. The maximum absolute atomic E-state index is 12.3. The van der Waals surface area contributed by atoms with Crippen LogP contribution in [0, 0.1) is 0 Å². The molecule has 1 aromatic rings. The minimum absolute atomic E-state index is 0.173. The average molecular weight is 229 g/mol. The van der Waals surface area contributed by atoms with E-state index in [9.17, 15) is 8.78 Å². The van der Waals surface area contributed by atoms with Gasteiger partial charge in [0.25, 0.3) is 6.43 Å². The van der Waals surface area contributed by atoms with E-state index < -0.39 is 6.43 Å². The van der Waals surface area contributed by atoms with Crippen LogP contribution in [-0.4, -0.2) is 31.7 Å². The fourth-order valence-electron chi connectivity index (χ4n) is 1.43. The van der Waals surface area contributed by atoms with Gasteiger partial charge in [0.15, 0.2) is 0 Å². The first-order valence-corrected chi connectivity index (χ1v) is 5.32. The lowest BCUT2D eigenvalue weighted by molar-refractivity contribution is 0.146. The molecule has 0 unspecified atom stereocenters. The van der Waals surface area contributed by atoms with Crippen molar-refractivity contribution in [3.05, 3.63) is 24.0 Å². The van der Waals surface area contributed by atoms with Crippen molar-refractivity contribution < 1.29 is 8.78 Å². The molecule has 1 rings (SSSR count). The Hall–Kier alpha value is -1.23. The van der Waals surface area contributed by atoms with Gasteiger partial charge in [-0.25, -0.2) is 8.78 Å². The quantitative estimate of drug-likeness (QED) is 0.809. The molecule has 16 heavy (non-hydrogen) atoms. The summed E-state index contributed by atoms with van der Waals surface area (Å²) in [6, 6.07) is 3.07. The Morgan fingerprint density at radius 1 is 1.44 bits per heavy atom. The van der Waals surface area contributed by atoms with Crippen molar-refractivity contribution in [2.24, 2.45) is 0 Å². The number of likely N-dealkylation sites (N-methyl/N-ethyl adjacent to an activating group) is 2. The summed E-state index contributed by atoms with van der Waals surface area (Å²) in [7, 11) is 1.88. The second-order valence-corrected chi connectivity index (χ2v) is 3.43. The van der Waals surface area contributed by atoms with Crippen LogP contribution >= 0.6 is 0 Å². The van der Waals surface area contributed by atoms with E-state index in [4.69, 9.17) is 0 Å². The number of aromatic nitrogens is 1. The zero-order valence-electron chi connectivity index (χ0n) is 9.58. The lowest BCUT2D eigenvalue weighted by Gasteiger charge is -2.22. The highest BCUT2D eigenvalue weighted by atomic mass is 19.3. The molecule has 0 saturated heterocycles. The van der Waals surface area contributed by atoms with Gasteiger partial charge in [-0.2, -0.15) is 0 Å². The van der Waals surface area contributed by atoms with Crippen molar-refractivity contribution >= 4 is 5.69 Å². The van der Waals surface area contributed by atoms with Crippen LogP contribution < -0.4 is 10.2 Å². The summed E-state index contributed by atoms with van der Waals surface area (Å²) in [5.74, 6) is 0. The summed E-state index contributed by atoms with van der Waals surface area (Å²) in [6.45, 7) is 4.54. The van der Waals surface area contributed by atoms with Crippen LogP contribution in [0.3, 0.4) is 0 Å². The Bertz CT molecular complexity index is 301. The summed E-state index contributed by atoms with van der Waals surface area (Å²) in [5, 5.41) is 3.05. The third kappa shape index (κ3) is 3.41. The number of halogens is 2. The van der Waals surface area contributed by atoms with Crippen LogP contribution in [0.1, 0.15) is 19.0 Å². The third-order valence-electron chi connectivity index (χ3n) is 2.37. The van der Waals surface area contributed by atoms with Crippen molar-refractivity contribution in [2.75, 3.05) is 31.6 Å². The highest BCUT2D eigenvalue weighted by Gasteiger charge is 2.09. The molecule has 0 radical (unpaired) electrons. The molecule has 1 heterocycles. The number of pyridine rings is 1. The third-order valence-corrected chi connectivity index (χ3v) is 2.37. The molecule has 0 aliphatic carbocycles. The maximum Gasteiger partial charge on any atom is 0.280 e. The van der Waals surface area contributed by atoms with Crippen molar-refractivity contribution in [3.8, 4) is 0 Å². The van der Waals surface area contributed by atoms with Crippen molar-refractivity contribution in [1.82, 2.24) is 10.3 Å². The highest BCUT2D eigenvalue weighted by molar-refractivity contribution is 5.44. The highest BCUT2D eigenvalue weighted by Crippen LogP contribution is 2.19. The van der Waals surface area contributed by atoms with Gasteiger partial charge in [0.05, 0.1) is 11.9 Å². The molecule has 0 aromatic carbocycles. The molecular formula is C11H17F2N3. The SMILES string of the molecule is CCN(CCNC)c1ccc(C(F)F)nc1. The molecule has 0 saturated carbocycles.